The molecule has 0 saturated carbocycles. The van der Waals surface area contributed by atoms with E-state index in [1.807, 2.05) is 6.92 Å². The van der Waals surface area contributed by atoms with Crippen LogP contribution in [0.5, 0.6) is 0 Å². The zero-order valence-electron chi connectivity index (χ0n) is 9.54. The first-order chi connectivity index (χ1) is 7.17. The van der Waals surface area contributed by atoms with Crippen molar-refractivity contribution >= 4 is 11.8 Å². The first-order valence-corrected chi connectivity index (χ1v) is 5.15. The van der Waals surface area contributed by atoms with Gasteiger partial charge in [-0.25, -0.2) is 4.79 Å². The lowest BCUT2D eigenvalue weighted by molar-refractivity contribution is -0.140. The summed E-state index contributed by atoms with van der Waals surface area (Å²) in [6, 6.07) is 0. The fourth-order valence-corrected chi connectivity index (χ4v) is 0.970. The van der Waals surface area contributed by atoms with Crippen LogP contribution in [-0.4, -0.2) is 31.6 Å². The van der Waals surface area contributed by atoms with E-state index in [0.717, 1.165) is 0 Å². The number of carbonyl (C=O) groups is 2. The van der Waals surface area contributed by atoms with Crippen LogP contribution in [0, 0.1) is 0 Å². The Morgan fingerprint density at radius 2 is 1.80 bits per heavy atom. The molecule has 0 aromatic heterocycles. The molecule has 0 bridgehead atoms. The van der Waals surface area contributed by atoms with Crippen molar-refractivity contribution in [1.29, 1.82) is 0 Å². The number of Topliss-reactive ketones (excluding diaryl/α,β-unsaturated/α-hetero) is 1. The van der Waals surface area contributed by atoms with Crippen molar-refractivity contribution in [3.8, 4) is 0 Å². The van der Waals surface area contributed by atoms with Crippen LogP contribution in [0.4, 0.5) is 0 Å². The molecule has 0 spiro atoms. The topological polar surface area (TPSA) is 52.6 Å². The van der Waals surface area contributed by atoms with Crippen LogP contribution in [0.15, 0.2) is 11.6 Å². The largest absolute Gasteiger partial charge is 0.462 e. The smallest absolute Gasteiger partial charge is 0.341 e. The molecular formula is C11H18O4. The third-order valence-corrected chi connectivity index (χ3v) is 1.73. The average molecular weight is 214 g/mol. The Morgan fingerprint density at radius 3 is 2.27 bits per heavy atom. The molecular weight excluding hydrogens is 196 g/mol. The van der Waals surface area contributed by atoms with Crippen LogP contribution < -0.4 is 0 Å². The molecule has 0 aromatic rings. The molecule has 4 nitrogen and oxygen atoms in total. The van der Waals surface area contributed by atoms with Crippen molar-refractivity contribution < 1.29 is 19.1 Å². The minimum absolute atomic E-state index is 0.0906. The zero-order chi connectivity index (χ0) is 11.7. The molecule has 86 valence electrons. The predicted octanol–water partition coefficient (Wildman–Crippen LogP) is 1.49. The molecule has 0 amide bonds. The van der Waals surface area contributed by atoms with Gasteiger partial charge in [-0.05, 0) is 19.9 Å². The number of hydrogen-bond donors (Lipinski definition) is 0. The molecule has 15 heavy (non-hydrogen) atoms. The summed E-state index contributed by atoms with van der Waals surface area (Å²) in [6.07, 6.45) is 1.77. The fraction of sp³-hybridized carbons (Fsp3) is 0.636. The van der Waals surface area contributed by atoms with E-state index in [4.69, 9.17) is 9.47 Å². The summed E-state index contributed by atoms with van der Waals surface area (Å²) in [5.41, 5.74) is 0.0906. The Kier molecular flexibility index (Phi) is 7.54. The van der Waals surface area contributed by atoms with Gasteiger partial charge in [-0.15, -0.1) is 0 Å². The lowest BCUT2D eigenvalue weighted by Gasteiger charge is -2.04. The summed E-state index contributed by atoms with van der Waals surface area (Å²) in [6.45, 7) is 6.33. The van der Waals surface area contributed by atoms with E-state index in [9.17, 15) is 9.59 Å². The minimum atomic E-state index is -0.566. The Hall–Kier alpha value is -1.16. The molecule has 0 aliphatic carbocycles. The van der Waals surface area contributed by atoms with Crippen molar-refractivity contribution in [3.63, 3.8) is 0 Å². The van der Waals surface area contributed by atoms with Crippen LogP contribution in [0.3, 0.4) is 0 Å². The Bertz CT molecular complexity index is 243. The molecule has 0 saturated heterocycles. The number of ether oxygens (including phenoxy) is 2. The maximum Gasteiger partial charge on any atom is 0.341 e. The molecule has 0 unspecified atom stereocenters. The van der Waals surface area contributed by atoms with E-state index in [1.54, 1.807) is 13.8 Å². The Balaban J connectivity index is 4.49. The number of esters is 1. The third-order valence-electron chi connectivity index (χ3n) is 1.73. The van der Waals surface area contributed by atoms with Crippen molar-refractivity contribution in [2.24, 2.45) is 0 Å². The lowest BCUT2D eigenvalue weighted by atomic mass is 10.1. The van der Waals surface area contributed by atoms with Gasteiger partial charge in [0.15, 0.2) is 5.78 Å². The first-order valence-electron chi connectivity index (χ1n) is 5.15. The van der Waals surface area contributed by atoms with Gasteiger partial charge in [0.1, 0.15) is 5.57 Å². The van der Waals surface area contributed by atoms with Crippen molar-refractivity contribution in [3.05, 3.63) is 11.6 Å². The highest BCUT2D eigenvalue weighted by molar-refractivity contribution is 6.17. The summed E-state index contributed by atoms with van der Waals surface area (Å²) in [5, 5.41) is 0. The SMILES string of the molecule is CCOCC=C(C(=O)CC)C(=O)OCC. The third kappa shape index (κ3) is 5.32. The van der Waals surface area contributed by atoms with Gasteiger partial charge in [-0.3, -0.25) is 4.79 Å². The first kappa shape index (κ1) is 13.8. The van der Waals surface area contributed by atoms with Gasteiger partial charge < -0.3 is 9.47 Å². The molecule has 0 fully saturated rings. The molecule has 0 aromatic carbocycles. The zero-order valence-corrected chi connectivity index (χ0v) is 9.54. The predicted molar refractivity (Wildman–Crippen MR) is 56.5 cm³/mol. The Labute approximate surface area is 90.2 Å². The fourth-order valence-electron chi connectivity index (χ4n) is 0.970. The number of ketones is 1. The molecule has 0 N–H and O–H groups in total. The summed E-state index contributed by atoms with van der Waals surface area (Å²) in [7, 11) is 0. The highest BCUT2D eigenvalue weighted by atomic mass is 16.5. The van der Waals surface area contributed by atoms with Gasteiger partial charge >= 0.3 is 5.97 Å². The number of rotatable bonds is 7. The van der Waals surface area contributed by atoms with E-state index in [2.05, 4.69) is 0 Å². The van der Waals surface area contributed by atoms with E-state index in [-0.39, 0.29) is 31.0 Å². The van der Waals surface area contributed by atoms with Crippen molar-refractivity contribution in [2.75, 3.05) is 19.8 Å². The van der Waals surface area contributed by atoms with Gasteiger partial charge in [0.2, 0.25) is 0 Å². The second-order valence-corrected chi connectivity index (χ2v) is 2.77. The Morgan fingerprint density at radius 1 is 1.13 bits per heavy atom. The van der Waals surface area contributed by atoms with Gasteiger partial charge in [0.25, 0.3) is 0 Å². The van der Waals surface area contributed by atoms with Gasteiger partial charge in [0.05, 0.1) is 13.2 Å². The van der Waals surface area contributed by atoms with Crippen LogP contribution in [0.2, 0.25) is 0 Å². The van der Waals surface area contributed by atoms with Crippen LogP contribution in [-0.2, 0) is 19.1 Å². The molecule has 0 atom stereocenters. The number of carbonyl (C=O) groups excluding carboxylic acids is 2. The number of hydrogen-bond acceptors (Lipinski definition) is 4. The molecule has 0 heterocycles. The lowest BCUT2D eigenvalue weighted by Crippen LogP contribution is -2.16. The van der Waals surface area contributed by atoms with E-state index < -0.39 is 5.97 Å². The standard InChI is InChI=1S/C11H18O4/c1-4-10(12)9(7-8-14-5-2)11(13)15-6-3/h7H,4-6,8H2,1-3H3. The molecule has 0 aliphatic heterocycles. The second kappa shape index (κ2) is 8.17. The average Bonchev–Trinajstić information content (AvgIpc) is 2.23. The van der Waals surface area contributed by atoms with Crippen molar-refractivity contribution in [1.82, 2.24) is 0 Å². The quantitative estimate of drug-likeness (QED) is 0.212. The molecule has 0 rings (SSSR count). The molecule has 0 radical (unpaired) electrons. The summed E-state index contributed by atoms with van der Waals surface area (Å²) in [5.74, 6) is -0.780. The monoisotopic (exact) mass is 214 g/mol. The van der Waals surface area contributed by atoms with Crippen LogP contribution >= 0.6 is 0 Å². The van der Waals surface area contributed by atoms with E-state index >= 15 is 0 Å². The van der Waals surface area contributed by atoms with E-state index in [1.165, 1.54) is 6.08 Å². The molecule has 0 aliphatic rings. The van der Waals surface area contributed by atoms with E-state index in [0.29, 0.717) is 6.61 Å². The van der Waals surface area contributed by atoms with Gasteiger partial charge in [0, 0.05) is 13.0 Å². The van der Waals surface area contributed by atoms with Gasteiger partial charge in [-0.1, -0.05) is 6.92 Å². The second-order valence-electron chi connectivity index (χ2n) is 2.77. The van der Waals surface area contributed by atoms with Crippen LogP contribution in [0.25, 0.3) is 0 Å². The highest BCUT2D eigenvalue weighted by Crippen LogP contribution is 2.03. The summed E-state index contributed by atoms with van der Waals surface area (Å²) in [4.78, 5) is 22.8. The normalized spacial score (nSPS) is 11.3. The minimum Gasteiger partial charge on any atom is -0.462 e. The highest BCUT2D eigenvalue weighted by Gasteiger charge is 2.16. The van der Waals surface area contributed by atoms with Crippen LogP contribution in [0.1, 0.15) is 27.2 Å². The maximum absolute atomic E-state index is 11.4. The molecule has 4 heteroatoms. The van der Waals surface area contributed by atoms with Gasteiger partial charge in [-0.2, -0.15) is 0 Å². The maximum atomic E-state index is 11.4. The summed E-state index contributed by atoms with van der Waals surface area (Å²) < 4.78 is 9.82. The summed E-state index contributed by atoms with van der Waals surface area (Å²) >= 11 is 0. The van der Waals surface area contributed by atoms with Crippen molar-refractivity contribution in [2.45, 2.75) is 27.2 Å².